The molecule has 0 radical (unpaired) electrons. The Kier molecular flexibility index (Phi) is 4.33. The molecule has 0 aliphatic carbocycles. The van der Waals surface area contributed by atoms with Gasteiger partial charge >= 0.3 is 5.97 Å². The van der Waals surface area contributed by atoms with Gasteiger partial charge in [-0.25, -0.2) is 0 Å². The summed E-state index contributed by atoms with van der Waals surface area (Å²) in [6.45, 7) is 1.69. The minimum atomic E-state index is -0.800. The van der Waals surface area contributed by atoms with Crippen LogP contribution in [-0.2, 0) is 10.5 Å². The summed E-state index contributed by atoms with van der Waals surface area (Å²) in [5, 5.41) is 16.6. The summed E-state index contributed by atoms with van der Waals surface area (Å²) in [6, 6.07) is 7.66. The second-order valence-corrected chi connectivity index (χ2v) is 5.85. The molecule has 0 aliphatic rings. The van der Waals surface area contributed by atoms with Crippen LogP contribution in [0.4, 0.5) is 0 Å². The second kappa shape index (κ2) is 5.97. The molecule has 1 heterocycles. The van der Waals surface area contributed by atoms with E-state index in [1.165, 1.54) is 11.3 Å². The molecular formula is C12H12N2O2S2. The van der Waals surface area contributed by atoms with E-state index in [-0.39, 0.29) is 0 Å². The highest BCUT2D eigenvalue weighted by atomic mass is 32.2. The van der Waals surface area contributed by atoms with Crippen molar-refractivity contribution in [1.29, 1.82) is 0 Å². The Morgan fingerprint density at radius 3 is 2.72 bits per heavy atom. The van der Waals surface area contributed by atoms with Crippen LogP contribution in [0.2, 0.25) is 0 Å². The van der Waals surface area contributed by atoms with Gasteiger partial charge in [-0.1, -0.05) is 47.4 Å². The Morgan fingerprint density at radius 1 is 1.44 bits per heavy atom. The molecule has 1 aromatic carbocycles. The summed E-state index contributed by atoms with van der Waals surface area (Å²) in [7, 11) is 0. The number of carboxylic acids is 1. The van der Waals surface area contributed by atoms with E-state index < -0.39 is 11.9 Å². The lowest BCUT2D eigenvalue weighted by molar-refractivity contribution is -0.138. The van der Waals surface area contributed by atoms with Gasteiger partial charge in [0.25, 0.3) is 0 Å². The van der Waals surface area contributed by atoms with Crippen molar-refractivity contribution >= 4 is 29.1 Å². The number of benzene rings is 1. The number of hydrogen-bond acceptors (Lipinski definition) is 5. The monoisotopic (exact) mass is 280 g/mol. The van der Waals surface area contributed by atoms with E-state index in [4.69, 9.17) is 5.11 Å². The van der Waals surface area contributed by atoms with Crippen LogP contribution in [0, 0.1) is 0 Å². The number of aromatic nitrogens is 2. The van der Waals surface area contributed by atoms with Crippen LogP contribution in [-0.4, -0.2) is 21.3 Å². The predicted molar refractivity (Wildman–Crippen MR) is 72.0 cm³/mol. The lowest BCUT2D eigenvalue weighted by Gasteiger charge is -2.07. The van der Waals surface area contributed by atoms with Crippen molar-refractivity contribution in [3.63, 3.8) is 0 Å². The van der Waals surface area contributed by atoms with Crippen molar-refractivity contribution in [2.24, 2.45) is 0 Å². The molecule has 0 saturated carbocycles. The van der Waals surface area contributed by atoms with Crippen LogP contribution in [0.1, 0.15) is 24.0 Å². The predicted octanol–water partition coefficient (Wildman–Crippen LogP) is 3.02. The Labute approximate surface area is 113 Å². The first-order valence-corrected chi connectivity index (χ1v) is 7.24. The van der Waals surface area contributed by atoms with Crippen molar-refractivity contribution in [3.05, 3.63) is 40.9 Å². The Hall–Kier alpha value is -1.40. The van der Waals surface area contributed by atoms with Crippen LogP contribution in [0.15, 0.2) is 34.1 Å². The van der Waals surface area contributed by atoms with Gasteiger partial charge in [-0.05, 0) is 18.1 Å². The van der Waals surface area contributed by atoms with Crippen LogP contribution in [0.5, 0.6) is 0 Å². The maximum absolute atomic E-state index is 10.8. The maximum atomic E-state index is 10.8. The number of carbonyl (C=O) groups is 1. The normalized spacial score (nSPS) is 12.3. The number of hydrogen-bond donors (Lipinski definition) is 1. The van der Waals surface area contributed by atoms with Crippen molar-refractivity contribution in [1.82, 2.24) is 10.2 Å². The molecule has 4 nitrogen and oxygen atoms in total. The van der Waals surface area contributed by atoms with E-state index in [9.17, 15) is 4.79 Å². The molecule has 94 valence electrons. The minimum Gasteiger partial charge on any atom is -0.481 e. The highest BCUT2D eigenvalue weighted by molar-refractivity contribution is 8.00. The summed E-state index contributed by atoms with van der Waals surface area (Å²) in [5.41, 5.74) is 3.68. The van der Waals surface area contributed by atoms with Crippen molar-refractivity contribution < 1.29 is 9.90 Å². The number of aliphatic carboxylic acids is 1. The summed E-state index contributed by atoms with van der Waals surface area (Å²) in [6.07, 6.45) is 0. The third kappa shape index (κ3) is 3.30. The molecule has 0 spiro atoms. The smallest absolute Gasteiger partial charge is 0.310 e. The highest BCUT2D eigenvalue weighted by Crippen LogP contribution is 2.24. The van der Waals surface area contributed by atoms with Gasteiger partial charge in [0.05, 0.1) is 5.92 Å². The van der Waals surface area contributed by atoms with Gasteiger partial charge in [0.1, 0.15) is 5.51 Å². The first-order valence-electron chi connectivity index (χ1n) is 5.37. The van der Waals surface area contributed by atoms with E-state index in [0.717, 1.165) is 21.2 Å². The molecule has 1 atom stereocenters. The summed E-state index contributed by atoms with van der Waals surface area (Å²) in [5.74, 6) is -0.447. The summed E-state index contributed by atoms with van der Waals surface area (Å²) < 4.78 is 0.943. The fraction of sp³-hybridized carbons (Fsp3) is 0.250. The quantitative estimate of drug-likeness (QED) is 0.853. The first kappa shape index (κ1) is 13.0. The van der Waals surface area contributed by atoms with Gasteiger partial charge in [-0.3, -0.25) is 4.79 Å². The largest absolute Gasteiger partial charge is 0.481 e. The van der Waals surface area contributed by atoms with Crippen molar-refractivity contribution in [2.45, 2.75) is 22.9 Å². The van der Waals surface area contributed by atoms with Gasteiger partial charge in [-0.2, -0.15) is 0 Å². The molecule has 2 rings (SSSR count). The van der Waals surface area contributed by atoms with Crippen molar-refractivity contribution in [3.8, 4) is 0 Å². The molecule has 18 heavy (non-hydrogen) atoms. The van der Waals surface area contributed by atoms with Crippen LogP contribution in [0.25, 0.3) is 0 Å². The molecule has 6 heteroatoms. The van der Waals surface area contributed by atoms with Crippen LogP contribution < -0.4 is 0 Å². The zero-order valence-corrected chi connectivity index (χ0v) is 11.4. The van der Waals surface area contributed by atoms with Gasteiger partial charge in [0.2, 0.25) is 0 Å². The number of thioether (sulfide) groups is 1. The molecule has 0 bridgehead atoms. The molecule has 0 amide bonds. The van der Waals surface area contributed by atoms with E-state index in [2.05, 4.69) is 10.2 Å². The summed E-state index contributed by atoms with van der Waals surface area (Å²) in [4.78, 5) is 10.8. The van der Waals surface area contributed by atoms with E-state index >= 15 is 0 Å². The molecule has 1 unspecified atom stereocenters. The molecule has 1 aromatic heterocycles. The average molecular weight is 280 g/mol. The number of carboxylic acid groups (broad SMARTS) is 1. The van der Waals surface area contributed by atoms with Gasteiger partial charge < -0.3 is 5.11 Å². The number of rotatable bonds is 5. The van der Waals surface area contributed by atoms with Gasteiger partial charge in [0.15, 0.2) is 4.34 Å². The molecule has 0 saturated heterocycles. The topological polar surface area (TPSA) is 63.1 Å². The van der Waals surface area contributed by atoms with Crippen LogP contribution >= 0.6 is 23.1 Å². The maximum Gasteiger partial charge on any atom is 0.310 e. The van der Waals surface area contributed by atoms with Gasteiger partial charge in [0, 0.05) is 5.75 Å². The summed E-state index contributed by atoms with van der Waals surface area (Å²) >= 11 is 3.15. The fourth-order valence-electron chi connectivity index (χ4n) is 1.42. The van der Waals surface area contributed by atoms with Crippen LogP contribution in [0.3, 0.4) is 0 Å². The average Bonchev–Trinajstić information content (AvgIpc) is 2.89. The molecule has 2 aromatic rings. The molecular weight excluding hydrogens is 268 g/mol. The molecule has 0 aliphatic heterocycles. The van der Waals surface area contributed by atoms with Gasteiger partial charge in [-0.15, -0.1) is 10.2 Å². The second-order valence-electron chi connectivity index (χ2n) is 3.79. The zero-order chi connectivity index (χ0) is 13.0. The first-order chi connectivity index (χ1) is 8.66. The fourth-order valence-corrected chi connectivity index (χ4v) is 2.86. The highest BCUT2D eigenvalue weighted by Gasteiger charge is 2.12. The third-order valence-electron chi connectivity index (χ3n) is 2.55. The van der Waals surface area contributed by atoms with E-state index in [1.54, 1.807) is 24.2 Å². The van der Waals surface area contributed by atoms with E-state index in [0.29, 0.717) is 0 Å². The third-order valence-corrected chi connectivity index (χ3v) is 4.48. The van der Waals surface area contributed by atoms with E-state index in [1.807, 2.05) is 24.3 Å². The standard InChI is InChI=1S/C12H12N2O2S2/c1-8(11(15)16)10-4-2-9(3-5-10)6-17-12-14-13-7-18-12/h2-5,7-8H,6H2,1H3,(H,15,16). The lowest BCUT2D eigenvalue weighted by Crippen LogP contribution is -2.07. The molecule has 1 N–H and O–H groups in total. The SMILES string of the molecule is CC(C(=O)O)c1ccc(CSc2nncs2)cc1. The zero-order valence-electron chi connectivity index (χ0n) is 9.74. The van der Waals surface area contributed by atoms with Crippen molar-refractivity contribution in [2.75, 3.05) is 0 Å². The Morgan fingerprint density at radius 2 is 2.17 bits per heavy atom. The Bertz CT molecular complexity index is 511. The molecule has 0 fully saturated rings. The lowest BCUT2D eigenvalue weighted by atomic mass is 10.0. The Balaban J connectivity index is 1.97. The minimum absolute atomic E-state index is 0.463. The number of nitrogens with zero attached hydrogens (tertiary/aromatic N) is 2.